The van der Waals surface area contributed by atoms with Crippen LogP contribution in [-0.4, -0.2) is 41.5 Å². The second kappa shape index (κ2) is 16.4. The number of halogens is 2. The summed E-state index contributed by atoms with van der Waals surface area (Å²) >= 11 is 6.47. The zero-order valence-corrected chi connectivity index (χ0v) is 19.2. The van der Waals surface area contributed by atoms with E-state index in [0.29, 0.717) is 11.4 Å². The fourth-order valence-electron chi connectivity index (χ4n) is 1.22. The molecule has 1 atom stereocenters. The molecule has 125 valence electrons. The van der Waals surface area contributed by atoms with Crippen molar-refractivity contribution in [2.24, 2.45) is 0 Å². The van der Waals surface area contributed by atoms with Crippen molar-refractivity contribution in [3.05, 3.63) is 57.0 Å². The third kappa shape index (κ3) is 12.3. The minimum absolute atomic E-state index is 0. The molecule has 0 saturated heterocycles. The van der Waals surface area contributed by atoms with Gasteiger partial charge in [0.2, 0.25) is 0 Å². The summed E-state index contributed by atoms with van der Waals surface area (Å²) in [6, 6.07) is 7.12. The number of aliphatic hydroxyl groups excluding tert-OH is 2. The predicted octanol–water partition coefficient (Wildman–Crippen LogP) is 0.288. The van der Waals surface area contributed by atoms with E-state index >= 15 is 0 Å². The third-order valence-corrected chi connectivity index (χ3v) is 3.20. The second-order valence-corrected chi connectivity index (χ2v) is 5.83. The molecule has 2 aromatic heterocycles. The molecule has 2 rings (SSSR count). The van der Waals surface area contributed by atoms with Gasteiger partial charge in [0.25, 0.3) is 0 Å². The standard InChI is InChI=1S/C7H8BrNO.C7H6BrNO.CH4O.B.Na.H/c2*1-5(10)7-3-2-6(8)4-9-7;1-2;;;/h2-5,10H,1H3;2-4H,1H3;2H,1H3;;;/q;;;;+1;-1. The van der Waals surface area contributed by atoms with Crippen LogP contribution < -0.4 is 29.6 Å². The van der Waals surface area contributed by atoms with Crippen molar-refractivity contribution in [3.63, 3.8) is 0 Å². The summed E-state index contributed by atoms with van der Waals surface area (Å²) in [5, 5.41) is 16.0. The predicted molar refractivity (Wildman–Crippen MR) is 99.5 cm³/mol. The van der Waals surface area contributed by atoms with E-state index in [1.54, 1.807) is 37.5 Å². The minimum Gasteiger partial charge on any atom is -1.00 e. The van der Waals surface area contributed by atoms with Gasteiger partial charge in [0.05, 0.1) is 11.8 Å². The molecule has 2 N–H and O–H groups in total. The van der Waals surface area contributed by atoms with Crippen molar-refractivity contribution < 1.29 is 46.0 Å². The number of ketones is 1. The monoisotopic (exact) mass is 467 g/mol. The number of carbonyl (C=O) groups excluding carboxylic acids is 1. The molecule has 9 heteroatoms. The summed E-state index contributed by atoms with van der Waals surface area (Å²) in [4.78, 5) is 18.5. The van der Waals surface area contributed by atoms with Crippen LogP contribution in [0.5, 0.6) is 0 Å². The van der Waals surface area contributed by atoms with Crippen molar-refractivity contribution >= 4 is 46.1 Å². The van der Waals surface area contributed by atoms with Gasteiger partial charge in [0.15, 0.2) is 5.78 Å². The molecule has 2 aromatic rings. The van der Waals surface area contributed by atoms with E-state index in [4.69, 9.17) is 10.2 Å². The first-order valence-corrected chi connectivity index (χ1v) is 7.85. The molecule has 0 amide bonds. The van der Waals surface area contributed by atoms with Crippen molar-refractivity contribution in [3.8, 4) is 0 Å². The molecule has 24 heavy (non-hydrogen) atoms. The van der Waals surface area contributed by atoms with Crippen LogP contribution in [0.2, 0.25) is 0 Å². The van der Waals surface area contributed by atoms with Crippen LogP contribution in [0.1, 0.15) is 37.6 Å². The Morgan fingerprint density at radius 3 is 1.83 bits per heavy atom. The molecular formula is C15H19BBr2N2NaO3. The first-order chi connectivity index (χ1) is 10.4. The molecule has 0 bridgehead atoms. The van der Waals surface area contributed by atoms with E-state index < -0.39 is 6.10 Å². The molecule has 0 saturated carbocycles. The maximum Gasteiger partial charge on any atom is 1.00 e. The number of hydrogen-bond acceptors (Lipinski definition) is 5. The Balaban J connectivity index is -0.000000145. The summed E-state index contributed by atoms with van der Waals surface area (Å²) in [6.07, 6.45) is 2.80. The number of nitrogens with zero attached hydrogens (tertiary/aromatic N) is 2. The summed E-state index contributed by atoms with van der Waals surface area (Å²) in [5.74, 6) is -0.00694. The molecular weight excluding hydrogens is 450 g/mol. The summed E-state index contributed by atoms with van der Waals surface area (Å²) in [6.45, 7) is 3.19. The van der Waals surface area contributed by atoms with E-state index in [1.165, 1.54) is 6.92 Å². The Hall–Kier alpha value is -0.0851. The Kier molecular flexibility index (Phi) is 19.6. The SMILES string of the molecule is CC(=O)c1ccc(Br)cn1.CC(O)c1ccc(Br)cn1.CO.[B].[H-].[Na+]. The average Bonchev–Trinajstić information content (AvgIpc) is 2.51. The Morgan fingerprint density at radius 2 is 1.54 bits per heavy atom. The van der Waals surface area contributed by atoms with Crippen LogP contribution in [0.3, 0.4) is 0 Å². The number of carbonyl (C=O) groups is 1. The van der Waals surface area contributed by atoms with Gasteiger partial charge < -0.3 is 11.6 Å². The average molecular weight is 469 g/mol. The zero-order chi connectivity index (χ0) is 17.1. The normalized spacial score (nSPS) is 9.62. The Bertz CT molecular complexity index is 576. The Labute approximate surface area is 184 Å². The molecule has 0 spiro atoms. The molecule has 0 fully saturated rings. The van der Waals surface area contributed by atoms with E-state index in [1.807, 2.05) is 6.07 Å². The number of Topliss-reactive ketones (excluding diaryl/α,β-unsaturated/α-hetero) is 1. The first kappa shape index (κ1) is 28.7. The zero-order valence-electron chi connectivity index (χ0n) is 15.1. The fraction of sp³-hybridized carbons (Fsp3) is 0.267. The fourth-order valence-corrected chi connectivity index (χ4v) is 1.69. The molecule has 3 radical (unpaired) electrons. The van der Waals surface area contributed by atoms with Crippen molar-refractivity contribution in [1.29, 1.82) is 0 Å². The maximum atomic E-state index is 10.7. The number of rotatable bonds is 2. The van der Waals surface area contributed by atoms with Gasteiger partial charge >= 0.3 is 29.6 Å². The van der Waals surface area contributed by atoms with Gasteiger partial charge in [0, 0.05) is 43.8 Å². The second-order valence-electron chi connectivity index (χ2n) is 4.00. The summed E-state index contributed by atoms with van der Waals surface area (Å²) in [5.41, 5.74) is 1.20. The summed E-state index contributed by atoms with van der Waals surface area (Å²) < 4.78 is 1.81. The van der Waals surface area contributed by atoms with Crippen molar-refractivity contribution in [2.45, 2.75) is 20.0 Å². The van der Waals surface area contributed by atoms with Crippen LogP contribution in [0.15, 0.2) is 45.6 Å². The molecule has 0 aromatic carbocycles. The van der Waals surface area contributed by atoms with E-state index in [9.17, 15) is 4.79 Å². The van der Waals surface area contributed by atoms with Gasteiger partial charge in [-0.25, -0.2) is 0 Å². The number of hydrogen-bond donors (Lipinski definition) is 2. The quantitative estimate of drug-likeness (QED) is 0.489. The smallest absolute Gasteiger partial charge is 1.00 e. The number of aromatic nitrogens is 2. The van der Waals surface area contributed by atoms with Gasteiger partial charge in [-0.3, -0.25) is 14.8 Å². The minimum atomic E-state index is -0.479. The van der Waals surface area contributed by atoms with Gasteiger partial charge in [0.1, 0.15) is 5.69 Å². The van der Waals surface area contributed by atoms with Crippen LogP contribution >= 0.6 is 31.9 Å². The molecule has 2 heterocycles. The molecule has 0 aliphatic carbocycles. The Morgan fingerprint density at radius 1 is 1.08 bits per heavy atom. The van der Waals surface area contributed by atoms with Crippen LogP contribution in [0.25, 0.3) is 0 Å². The van der Waals surface area contributed by atoms with E-state index in [-0.39, 0.29) is 45.2 Å². The third-order valence-electron chi connectivity index (χ3n) is 2.27. The molecule has 0 aliphatic rings. The molecule has 5 nitrogen and oxygen atoms in total. The summed E-state index contributed by atoms with van der Waals surface area (Å²) in [7, 11) is 1.00. The van der Waals surface area contributed by atoms with Crippen molar-refractivity contribution in [1.82, 2.24) is 9.97 Å². The van der Waals surface area contributed by atoms with E-state index in [0.717, 1.165) is 16.1 Å². The van der Waals surface area contributed by atoms with Gasteiger partial charge in [-0.1, -0.05) is 0 Å². The van der Waals surface area contributed by atoms with Gasteiger partial charge in [-0.2, -0.15) is 0 Å². The van der Waals surface area contributed by atoms with Crippen LogP contribution in [-0.2, 0) is 0 Å². The topological polar surface area (TPSA) is 83.3 Å². The van der Waals surface area contributed by atoms with Gasteiger partial charge in [-0.05, 0) is 63.0 Å². The van der Waals surface area contributed by atoms with Crippen LogP contribution in [0, 0.1) is 0 Å². The number of pyridine rings is 2. The first-order valence-electron chi connectivity index (χ1n) is 6.27. The largest absolute Gasteiger partial charge is 1.00 e. The van der Waals surface area contributed by atoms with Crippen LogP contribution in [0.4, 0.5) is 0 Å². The maximum absolute atomic E-state index is 10.7. The van der Waals surface area contributed by atoms with Gasteiger partial charge in [-0.15, -0.1) is 0 Å². The number of aliphatic hydroxyl groups is 2. The van der Waals surface area contributed by atoms with Crippen molar-refractivity contribution in [2.75, 3.05) is 7.11 Å². The van der Waals surface area contributed by atoms with E-state index in [2.05, 4.69) is 41.8 Å². The molecule has 0 aliphatic heterocycles. The molecule has 1 unspecified atom stereocenters.